The number of hydrogen-bond donors (Lipinski definition) is 2. The van der Waals surface area contributed by atoms with Crippen LogP contribution in [0.1, 0.15) is 15.3 Å². The first-order valence-corrected chi connectivity index (χ1v) is 8.10. The fourth-order valence-corrected chi connectivity index (χ4v) is 4.14. The van der Waals surface area contributed by atoms with Gasteiger partial charge in [0.1, 0.15) is 4.90 Å². The van der Waals surface area contributed by atoms with Crippen LogP contribution in [-0.2, 0) is 16.6 Å². The van der Waals surface area contributed by atoms with E-state index in [0.29, 0.717) is 5.56 Å². The molecule has 0 fully saturated rings. The molecule has 102 valence electrons. The lowest BCUT2D eigenvalue weighted by Gasteiger charge is -2.11. The molecule has 3 N–H and O–H groups in total. The third-order valence-electron chi connectivity index (χ3n) is 2.74. The van der Waals surface area contributed by atoms with Crippen molar-refractivity contribution < 1.29 is 8.42 Å². The molecule has 1 aromatic carbocycles. The maximum Gasteiger partial charge on any atom is 0.243 e. The standard InChI is InChI=1S/C13H16N2O2S2/c1-9-4-3-5-12(14)13(9)19(16,17)15-8-11-7-6-10(2)18-11/h3-7,15H,8,14H2,1-2H3. The number of hydrogen-bond acceptors (Lipinski definition) is 4. The summed E-state index contributed by atoms with van der Waals surface area (Å²) in [6.45, 7) is 4.01. The van der Waals surface area contributed by atoms with Crippen molar-refractivity contribution in [1.82, 2.24) is 4.72 Å². The van der Waals surface area contributed by atoms with Gasteiger partial charge < -0.3 is 5.73 Å². The van der Waals surface area contributed by atoms with Crippen LogP contribution in [0.25, 0.3) is 0 Å². The van der Waals surface area contributed by atoms with Crippen LogP contribution < -0.4 is 10.5 Å². The summed E-state index contributed by atoms with van der Waals surface area (Å²) in [5, 5.41) is 0. The Morgan fingerprint density at radius 3 is 2.53 bits per heavy atom. The number of rotatable bonds is 4. The second-order valence-electron chi connectivity index (χ2n) is 4.33. The van der Waals surface area contributed by atoms with E-state index in [1.807, 2.05) is 19.1 Å². The highest BCUT2D eigenvalue weighted by molar-refractivity contribution is 7.89. The van der Waals surface area contributed by atoms with Gasteiger partial charge in [-0.2, -0.15) is 0 Å². The molecule has 0 aliphatic carbocycles. The Hall–Kier alpha value is -1.37. The number of thiophene rings is 1. The minimum atomic E-state index is -3.58. The van der Waals surface area contributed by atoms with Crippen molar-refractivity contribution in [2.75, 3.05) is 5.73 Å². The quantitative estimate of drug-likeness (QED) is 0.851. The van der Waals surface area contributed by atoms with E-state index in [2.05, 4.69) is 4.72 Å². The van der Waals surface area contributed by atoms with E-state index in [4.69, 9.17) is 5.73 Å². The number of nitrogens with two attached hydrogens (primary N) is 1. The lowest BCUT2D eigenvalue weighted by molar-refractivity contribution is 0.581. The normalized spacial score (nSPS) is 11.7. The second-order valence-corrected chi connectivity index (χ2v) is 7.41. The lowest BCUT2D eigenvalue weighted by atomic mass is 10.2. The highest BCUT2D eigenvalue weighted by Crippen LogP contribution is 2.23. The highest BCUT2D eigenvalue weighted by Gasteiger charge is 2.19. The summed E-state index contributed by atoms with van der Waals surface area (Å²) in [7, 11) is -3.58. The number of sulfonamides is 1. The summed E-state index contributed by atoms with van der Waals surface area (Å²) >= 11 is 1.57. The molecule has 2 aromatic rings. The highest BCUT2D eigenvalue weighted by atomic mass is 32.2. The summed E-state index contributed by atoms with van der Waals surface area (Å²) in [6, 6.07) is 8.96. The lowest BCUT2D eigenvalue weighted by Crippen LogP contribution is -2.24. The molecule has 0 radical (unpaired) electrons. The average molecular weight is 296 g/mol. The van der Waals surface area contributed by atoms with E-state index in [9.17, 15) is 8.42 Å². The molecule has 0 atom stereocenters. The molecule has 1 aromatic heterocycles. The van der Waals surface area contributed by atoms with Crippen LogP contribution in [0.3, 0.4) is 0 Å². The van der Waals surface area contributed by atoms with Crippen molar-refractivity contribution >= 4 is 27.0 Å². The Morgan fingerprint density at radius 2 is 1.95 bits per heavy atom. The first-order valence-electron chi connectivity index (χ1n) is 5.80. The average Bonchev–Trinajstić information content (AvgIpc) is 2.72. The Bertz CT molecular complexity index is 670. The zero-order valence-corrected chi connectivity index (χ0v) is 12.4. The molecular weight excluding hydrogens is 280 g/mol. The Kier molecular flexibility index (Phi) is 3.93. The minimum absolute atomic E-state index is 0.170. The molecule has 0 aliphatic heterocycles. The van der Waals surface area contributed by atoms with E-state index in [0.717, 1.165) is 9.75 Å². The Balaban J connectivity index is 2.23. The molecule has 1 heterocycles. The second kappa shape index (κ2) is 5.32. The van der Waals surface area contributed by atoms with E-state index >= 15 is 0 Å². The van der Waals surface area contributed by atoms with Crippen LogP contribution in [0.2, 0.25) is 0 Å². The SMILES string of the molecule is Cc1ccc(CNS(=O)(=O)c2c(C)cccc2N)s1. The van der Waals surface area contributed by atoms with Crippen molar-refractivity contribution in [1.29, 1.82) is 0 Å². The largest absolute Gasteiger partial charge is 0.398 e. The fraction of sp³-hybridized carbons (Fsp3) is 0.231. The first kappa shape index (κ1) is 14.0. The van der Waals surface area contributed by atoms with Gasteiger partial charge in [0, 0.05) is 16.3 Å². The first-order chi connectivity index (χ1) is 8.90. The van der Waals surface area contributed by atoms with Crippen LogP contribution in [0.5, 0.6) is 0 Å². The molecule has 0 unspecified atom stereocenters. The molecule has 0 saturated heterocycles. The maximum absolute atomic E-state index is 12.3. The molecule has 0 spiro atoms. The van der Waals surface area contributed by atoms with Gasteiger partial charge >= 0.3 is 0 Å². The predicted octanol–water partition coefficient (Wildman–Crippen LogP) is 2.43. The third kappa shape index (κ3) is 3.15. The molecule has 0 amide bonds. The number of nitrogens with one attached hydrogen (secondary N) is 1. The van der Waals surface area contributed by atoms with Gasteiger partial charge in [0.05, 0.1) is 5.69 Å². The molecule has 19 heavy (non-hydrogen) atoms. The summed E-state index contributed by atoms with van der Waals surface area (Å²) in [6.07, 6.45) is 0. The van der Waals surface area contributed by atoms with Crippen molar-refractivity contribution in [3.8, 4) is 0 Å². The molecule has 4 nitrogen and oxygen atoms in total. The minimum Gasteiger partial charge on any atom is -0.398 e. The van der Waals surface area contributed by atoms with Gasteiger partial charge in [-0.25, -0.2) is 13.1 Å². The third-order valence-corrected chi connectivity index (χ3v) is 5.36. The monoisotopic (exact) mass is 296 g/mol. The van der Waals surface area contributed by atoms with Crippen molar-refractivity contribution in [3.63, 3.8) is 0 Å². The van der Waals surface area contributed by atoms with Crippen molar-refractivity contribution in [2.24, 2.45) is 0 Å². The van der Waals surface area contributed by atoms with Gasteiger partial charge in [0.2, 0.25) is 10.0 Å². The van der Waals surface area contributed by atoms with Crippen LogP contribution in [0.4, 0.5) is 5.69 Å². The molecule has 6 heteroatoms. The summed E-state index contributed by atoms with van der Waals surface area (Å²) in [5.41, 5.74) is 6.69. The smallest absolute Gasteiger partial charge is 0.243 e. The van der Waals surface area contributed by atoms with Crippen molar-refractivity contribution in [2.45, 2.75) is 25.3 Å². The number of aryl methyl sites for hydroxylation is 2. The van der Waals surface area contributed by atoms with Gasteiger partial charge in [-0.05, 0) is 37.6 Å². The summed E-state index contributed by atoms with van der Waals surface area (Å²) in [4.78, 5) is 2.31. The molecular formula is C13H16N2O2S2. The summed E-state index contributed by atoms with van der Waals surface area (Å²) in [5.74, 6) is 0. The van der Waals surface area contributed by atoms with Gasteiger partial charge in [-0.15, -0.1) is 11.3 Å². The van der Waals surface area contributed by atoms with Crippen molar-refractivity contribution in [3.05, 3.63) is 45.6 Å². The van der Waals surface area contributed by atoms with Gasteiger partial charge in [0.15, 0.2) is 0 Å². The van der Waals surface area contributed by atoms with Crippen LogP contribution in [0.15, 0.2) is 35.2 Å². The topological polar surface area (TPSA) is 72.2 Å². The molecule has 2 rings (SSSR count). The Morgan fingerprint density at radius 1 is 1.21 bits per heavy atom. The predicted molar refractivity (Wildman–Crippen MR) is 78.7 cm³/mol. The van der Waals surface area contributed by atoms with Crippen LogP contribution in [-0.4, -0.2) is 8.42 Å². The Labute approximate surface area is 117 Å². The van der Waals surface area contributed by atoms with E-state index in [1.54, 1.807) is 36.5 Å². The number of benzene rings is 1. The van der Waals surface area contributed by atoms with Crippen LogP contribution >= 0.6 is 11.3 Å². The molecule has 0 bridgehead atoms. The maximum atomic E-state index is 12.3. The molecule has 0 saturated carbocycles. The van der Waals surface area contributed by atoms with Gasteiger partial charge in [-0.1, -0.05) is 12.1 Å². The zero-order valence-electron chi connectivity index (χ0n) is 10.8. The number of nitrogen functional groups attached to an aromatic ring is 1. The van der Waals surface area contributed by atoms with Gasteiger partial charge in [0.25, 0.3) is 0 Å². The van der Waals surface area contributed by atoms with Gasteiger partial charge in [-0.3, -0.25) is 0 Å². The van der Waals surface area contributed by atoms with Crippen LogP contribution in [0, 0.1) is 13.8 Å². The van der Waals surface area contributed by atoms with E-state index in [-0.39, 0.29) is 17.1 Å². The van der Waals surface area contributed by atoms with E-state index in [1.165, 1.54) is 0 Å². The fourth-order valence-electron chi connectivity index (χ4n) is 1.86. The molecule has 0 aliphatic rings. The zero-order chi connectivity index (χ0) is 14.0. The summed E-state index contributed by atoms with van der Waals surface area (Å²) < 4.78 is 27.1. The van der Waals surface area contributed by atoms with E-state index < -0.39 is 10.0 Å². The number of anilines is 1.